The van der Waals surface area contributed by atoms with Gasteiger partial charge in [-0.2, -0.15) is 0 Å². The highest BCUT2D eigenvalue weighted by Gasteiger charge is 2.47. The third-order valence-corrected chi connectivity index (χ3v) is 5.18. The molecule has 1 saturated carbocycles. The van der Waals surface area contributed by atoms with Crippen molar-refractivity contribution in [2.75, 3.05) is 27.2 Å². The largest absolute Gasteiger partial charge is 0.497 e. The molecule has 2 atom stereocenters. The number of ether oxygens (including phenoxy) is 1. The van der Waals surface area contributed by atoms with Gasteiger partial charge in [-0.1, -0.05) is 12.1 Å². The number of carbonyl (C=O) groups is 1. The smallest absolute Gasteiger partial charge is 0.133 e. The Bertz CT molecular complexity index is 513. The van der Waals surface area contributed by atoms with Gasteiger partial charge in [-0.3, -0.25) is 4.79 Å². The first kappa shape index (κ1) is 13.6. The summed E-state index contributed by atoms with van der Waals surface area (Å²) in [5, 5.41) is 0. The van der Waals surface area contributed by atoms with E-state index in [-0.39, 0.29) is 5.41 Å². The molecule has 1 aromatic carbocycles. The quantitative estimate of drug-likeness (QED) is 0.829. The summed E-state index contributed by atoms with van der Waals surface area (Å²) in [7, 11) is 3.89. The van der Waals surface area contributed by atoms with Crippen molar-refractivity contribution in [3.8, 4) is 5.75 Å². The topological polar surface area (TPSA) is 29.5 Å². The lowest BCUT2D eigenvalue weighted by Gasteiger charge is -2.50. The Morgan fingerprint density at radius 1 is 1.40 bits per heavy atom. The van der Waals surface area contributed by atoms with Crippen LogP contribution in [0.4, 0.5) is 0 Å². The molecular weight excluding hydrogens is 250 g/mol. The normalized spacial score (nSPS) is 30.9. The molecule has 0 amide bonds. The van der Waals surface area contributed by atoms with Gasteiger partial charge >= 0.3 is 0 Å². The molecule has 2 aliphatic rings. The number of fused-ring (bicyclic) bond motifs is 1. The standard InChI is InChI=1S/C17H23NO2/c1-18-9-8-17(11-15(19)7-6-14(17)12-18)13-4-3-5-16(10-13)20-2/h3-5,10,14H,6-9,11-12H2,1-2H3. The monoisotopic (exact) mass is 273 g/mol. The predicted molar refractivity (Wildman–Crippen MR) is 79.1 cm³/mol. The molecule has 1 saturated heterocycles. The summed E-state index contributed by atoms with van der Waals surface area (Å²) in [6.45, 7) is 2.17. The zero-order valence-corrected chi connectivity index (χ0v) is 12.4. The van der Waals surface area contributed by atoms with Crippen LogP contribution >= 0.6 is 0 Å². The number of piperidine rings is 1. The van der Waals surface area contributed by atoms with Crippen molar-refractivity contribution in [1.82, 2.24) is 4.90 Å². The second-order valence-electron chi connectivity index (χ2n) is 6.35. The molecule has 0 radical (unpaired) electrons. The number of ketones is 1. The van der Waals surface area contributed by atoms with Crippen LogP contribution in [0.1, 0.15) is 31.2 Å². The first-order chi connectivity index (χ1) is 9.64. The van der Waals surface area contributed by atoms with Crippen LogP contribution in [0.15, 0.2) is 24.3 Å². The first-order valence-corrected chi connectivity index (χ1v) is 7.49. The summed E-state index contributed by atoms with van der Waals surface area (Å²) in [6.07, 6.45) is 3.57. The highest BCUT2D eigenvalue weighted by molar-refractivity contribution is 5.81. The van der Waals surface area contributed by atoms with Gasteiger partial charge in [0.15, 0.2) is 0 Å². The molecule has 0 bridgehead atoms. The van der Waals surface area contributed by atoms with E-state index < -0.39 is 0 Å². The zero-order chi connectivity index (χ0) is 14.2. The van der Waals surface area contributed by atoms with Gasteiger partial charge in [0.05, 0.1) is 7.11 Å². The number of Topliss-reactive ketones (excluding diaryl/α,β-unsaturated/α-hetero) is 1. The van der Waals surface area contributed by atoms with E-state index in [2.05, 4.69) is 30.1 Å². The number of carbonyl (C=O) groups excluding carboxylic acids is 1. The van der Waals surface area contributed by atoms with E-state index in [9.17, 15) is 4.79 Å². The lowest BCUT2D eigenvalue weighted by atomic mass is 9.59. The van der Waals surface area contributed by atoms with E-state index in [1.807, 2.05) is 6.07 Å². The Balaban J connectivity index is 2.01. The molecule has 0 N–H and O–H groups in total. The lowest BCUT2D eigenvalue weighted by molar-refractivity contribution is -0.124. The molecule has 1 aliphatic carbocycles. The van der Waals surface area contributed by atoms with Gasteiger partial charge in [0.25, 0.3) is 0 Å². The predicted octanol–water partition coefficient (Wildman–Crippen LogP) is 2.64. The minimum absolute atomic E-state index is 0.0381. The number of methoxy groups -OCH3 is 1. The SMILES string of the molecule is COc1cccc(C23CCN(C)CC2CCC(=O)C3)c1. The van der Waals surface area contributed by atoms with E-state index >= 15 is 0 Å². The number of hydrogen-bond acceptors (Lipinski definition) is 3. The van der Waals surface area contributed by atoms with E-state index in [1.54, 1.807) is 7.11 Å². The fraction of sp³-hybridized carbons (Fsp3) is 0.588. The number of rotatable bonds is 2. The van der Waals surface area contributed by atoms with Crippen LogP contribution in [0, 0.1) is 5.92 Å². The fourth-order valence-electron chi connectivity index (χ4n) is 4.03. The maximum absolute atomic E-state index is 12.1. The average Bonchev–Trinajstić information content (AvgIpc) is 2.47. The van der Waals surface area contributed by atoms with Gasteiger partial charge < -0.3 is 9.64 Å². The zero-order valence-electron chi connectivity index (χ0n) is 12.4. The number of hydrogen-bond donors (Lipinski definition) is 0. The molecule has 1 aliphatic heterocycles. The van der Waals surface area contributed by atoms with Gasteiger partial charge in [0.2, 0.25) is 0 Å². The summed E-state index contributed by atoms with van der Waals surface area (Å²) in [5.74, 6) is 1.91. The van der Waals surface area contributed by atoms with Gasteiger partial charge in [-0.15, -0.1) is 0 Å². The molecule has 1 heterocycles. The van der Waals surface area contributed by atoms with E-state index in [0.29, 0.717) is 18.1 Å². The molecule has 20 heavy (non-hydrogen) atoms. The summed E-state index contributed by atoms with van der Waals surface area (Å²) >= 11 is 0. The Morgan fingerprint density at radius 2 is 2.25 bits per heavy atom. The Labute approximate surface area is 120 Å². The van der Waals surface area contributed by atoms with Crippen LogP contribution in [0.5, 0.6) is 5.75 Å². The molecule has 3 rings (SSSR count). The Hall–Kier alpha value is -1.35. The maximum Gasteiger partial charge on any atom is 0.133 e. The second kappa shape index (κ2) is 5.21. The van der Waals surface area contributed by atoms with Crippen molar-refractivity contribution in [2.45, 2.75) is 31.1 Å². The summed E-state index contributed by atoms with van der Waals surface area (Å²) in [5.41, 5.74) is 1.33. The van der Waals surface area contributed by atoms with E-state index in [4.69, 9.17) is 4.74 Å². The van der Waals surface area contributed by atoms with Gasteiger partial charge in [0, 0.05) is 24.8 Å². The van der Waals surface area contributed by atoms with Crippen LogP contribution in [0.3, 0.4) is 0 Å². The van der Waals surface area contributed by atoms with Crippen LogP contribution in [-0.4, -0.2) is 37.9 Å². The molecule has 3 heteroatoms. The molecule has 1 aromatic rings. The molecule has 0 aromatic heterocycles. The van der Waals surface area contributed by atoms with Crippen molar-refractivity contribution < 1.29 is 9.53 Å². The number of benzene rings is 1. The Morgan fingerprint density at radius 3 is 3.05 bits per heavy atom. The Kier molecular flexibility index (Phi) is 3.55. The van der Waals surface area contributed by atoms with Gasteiger partial charge in [-0.25, -0.2) is 0 Å². The van der Waals surface area contributed by atoms with E-state index in [1.165, 1.54) is 5.56 Å². The highest BCUT2D eigenvalue weighted by atomic mass is 16.5. The number of nitrogens with zero attached hydrogens (tertiary/aromatic N) is 1. The van der Waals surface area contributed by atoms with Gasteiger partial charge in [0.1, 0.15) is 11.5 Å². The first-order valence-electron chi connectivity index (χ1n) is 7.49. The van der Waals surface area contributed by atoms with Crippen LogP contribution in [-0.2, 0) is 10.2 Å². The van der Waals surface area contributed by atoms with Crippen molar-refractivity contribution in [2.24, 2.45) is 5.92 Å². The maximum atomic E-state index is 12.1. The molecule has 0 spiro atoms. The molecule has 2 unspecified atom stereocenters. The molecule has 108 valence electrons. The second-order valence-corrected chi connectivity index (χ2v) is 6.35. The lowest BCUT2D eigenvalue weighted by Crippen LogP contribution is -2.52. The van der Waals surface area contributed by atoms with Crippen LogP contribution in [0.2, 0.25) is 0 Å². The minimum atomic E-state index is 0.0381. The van der Waals surface area contributed by atoms with Crippen LogP contribution in [0.25, 0.3) is 0 Å². The third kappa shape index (κ3) is 2.24. The van der Waals surface area contributed by atoms with Crippen molar-refractivity contribution >= 4 is 5.78 Å². The summed E-state index contributed by atoms with van der Waals surface area (Å²) in [4.78, 5) is 14.5. The van der Waals surface area contributed by atoms with E-state index in [0.717, 1.165) is 38.1 Å². The number of likely N-dealkylation sites (tertiary alicyclic amines) is 1. The summed E-state index contributed by atoms with van der Waals surface area (Å²) < 4.78 is 5.37. The van der Waals surface area contributed by atoms with Crippen molar-refractivity contribution in [1.29, 1.82) is 0 Å². The van der Waals surface area contributed by atoms with Crippen molar-refractivity contribution in [3.63, 3.8) is 0 Å². The molecular formula is C17H23NO2. The highest BCUT2D eigenvalue weighted by Crippen LogP contribution is 2.48. The minimum Gasteiger partial charge on any atom is -0.497 e. The van der Waals surface area contributed by atoms with Crippen LogP contribution < -0.4 is 4.74 Å². The average molecular weight is 273 g/mol. The fourth-order valence-corrected chi connectivity index (χ4v) is 4.03. The summed E-state index contributed by atoms with van der Waals surface area (Å²) in [6, 6.07) is 8.35. The molecule has 3 nitrogen and oxygen atoms in total. The van der Waals surface area contributed by atoms with Gasteiger partial charge in [-0.05, 0) is 50.0 Å². The third-order valence-electron chi connectivity index (χ3n) is 5.18. The van der Waals surface area contributed by atoms with Crippen molar-refractivity contribution in [3.05, 3.63) is 29.8 Å². The molecule has 2 fully saturated rings.